The molecule has 0 saturated heterocycles. The summed E-state index contributed by atoms with van der Waals surface area (Å²) >= 11 is 0. The highest BCUT2D eigenvalue weighted by molar-refractivity contribution is 6.04. The van der Waals surface area contributed by atoms with E-state index in [4.69, 9.17) is 9.47 Å². The minimum Gasteiger partial charge on any atom is -0.497 e. The van der Waals surface area contributed by atoms with Crippen molar-refractivity contribution < 1.29 is 14.3 Å². The molecule has 4 heteroatoms. The van der Waals surface area contributed by atoms with E-state index >= 15 is 0 Å². The number of benzene rings is 1. The van der Waals surface area contributed by atoms with Crippen molar-refractivity contribution in [2.45, 2.75) is 6.92 Å². The summed E-state index contributed by atoms with van der Waals surface area (Å²) in [6, 6.07) is 6.94. The number of methoxy groups -OCH3 is 1. The minimum absolute atomic E-state index is 0.106. The van der Waals surface area contributed by atoms with Gasteiger partial charge in [0.2, 0.25) is 0 Å². The first-order valence-corrected chi connectivity index (χ1v) is 5.42. The van der Waals surface area contributed by atoms with Gasteiger partial charge in [0.15, 0.2) is 11.7 Å². The molecule has 17 heavy (non-hydrogen) atoms. The second-order valence-electron chi connectivity index (χ2n) is 3.28. The normalized spacial score (nSPS) is 10.9. The zero-order valence-corrected chi connectivity index (χ0v) is 10.3. The molecule has 0 fully saturated rings. The first-order chi connectivity index (χ1) is 8.21. The van der Waals surface area contributed by atoms with Crippen molar-refractivity contribution in [1.82, 2.24) is 5.32 Å². The van der Waals surface area contributed by atoms with Gasteiger partial charge in [-0.25, -0.2) is 0 Å². The van der Waals surface area contributed by atoms with Gasteiger partial charge < -0.3 is 14.8 Å². The van der Waals surface area contributed by atoms with Crippen molar-refractivity contribution in [2.75, 3.05) is 20.8 Å². The second-order valence-corrected chi connectivity index (χ2v) is 3.28. The van der Waals surface area contributed by atoms with E-state index in [0.29, 0.717) is 18.1 Å². The summed E-state index contributed by atoms with van der Waals surface area (Å²) in [6.45, 7) is 2.38. The summed E-state index contributed by atoms with van der Waals surface area (Å²) in [7, 11) is 3.30. The average molecular weight is 235 g/mol. The molecule has 0 unspecified atom stereocenters. The van der Waals surface area contributed by atoms with Crippen molar-refractivity contribution in [3.8, 4) is 5.75 Å². The van der Waals surface area contributed by atoms with Crippen LogP contribution < -0.4 is 10.1 Å². The zero-order valence-electron chi connectivity index (χ0n) is 10.3. The monoisotopic (exact) mass is 235 g/mol. The van der Waals surface area contributed by atoms with E-state index in [1.54, 1.807) is 38.4 Å². The number of rotatable bonds is 6. The van der Waals surface area contributed by atoms with E-state index in [-0.39, 0.29) is 5.78 Å². The van der Waals surface area contributed by atoms with Crippen molar-refractivity contribution in [3.63, 3.8) is 0 Å². The molecule has 1 aromatic rings. The molecule has 92 valence electrons. The molecule has 1 N–H and O–H groups in total. The number of ether oxygens (including phenoxy) is 2. The number of carbonyl (C=O) groups excluding carboxylic acids is 1. The van der Waals surface area contributed by atoms with Gasteiger partial charge in [0, 0.05) is 18.7 Å². The second kappa shape index (κ2) is 6.58. The van der Waals surface area contributed by atoms with Crippen LogP contribution in [0.2, 0.25) is 0 Å². The van der Waals surface area contributed by atoms with Crippen molar-refractivity contribution in [1.29, 1.82) is 0 Å². The molecular weight excluding hydrogens is 218 g/mol. The van der Waals surface area contributed by atoms with Crippen LogP contribution in [0, 0.1) is 0 Å². The summed E-state index contributed by atoms with van der Waals surface area (Å²) in [5, 5.41) is 2.82. The van der Waals surface area contributed by atoms with E-state index in [1.165, 1.54) is 6.08 Å². The van der Waals surface area contributed by atoms with Crippen molar-refractivity contribution in [2.24, 2.45) is 0 Å². The number of ketones is 1. The first-order valence-electron chi connectivity index (χ1n) is 5.42. The molecule has 0 aliphatic rings. The Kier molecular flexibility index (Phi) is 5.07. The van der Waals surface area contributed by atoms with Gasteiger partial charge in [-0.15, -0.1) is 0 Å². The molecule has 0 heterocycles. The number of hydrogen-bond acceptors (Lipinski definition) is 4. The fraction of sp³-hybridized carbons (Fsp3) is 0.308. The lowest BCUT2D eigenvalue weighted by molar-refractivity contribution is 0.103. The quantitative estimate of drug-likeness (QED) is 0.465. The van der Waals surface area contributed by atoms with Crippen LogP contribution in [0.4, 0.5) is 0 Å². The predicted octanol–water partition coefficient (Wildman–Crippen LogP) is 1.98. The Morgan fingerprint density at radius 3 is 2.47 bits per heavy atom. The average Bonchev–Trinajstić information content (AvgIpc) is 2.38. The smallest absolute Gasteiger partial charge is 0.191 e. The third-order valence-electron chi connectivity index (χ3n) is 2.18. The highest BCUT2D eigenvalue weighted by Gasteiger charge is 2.05. The molecule has 1 aromatic carbocycles. The summed E-state index contributed by atoms with van der Waals surface area (Å²) < 4.78 is 10.3. The molecule has 0 spiro atoms. The summed E-state index contributed by atoms with van der Waals surface area (Å²) in [4.78, 5) is 11.9. The molecule has 4 nitrogen and oxygen atoms in total. The predicted molar refractivity (Wildman–Crippen MR) is 66.1 cm³/mol. The van der Waals surface area contributed by atoms with E-state index in [2.05, 4.69) is 5.32 Å². The first kappa shape index (κ1) is 13.1. The fourth-order valence-electron chi connectivity index (χ4n) is 1.30. The van der Waals surface area contributed by atoms with Crippen LogP contribution in [0.3, 0.4) is 0 Å². The van der Waals surface area contributed by atoms with Crippen molar-refractivity contribution in [3.05, 3.63) is 41.8 Å². The third kappa shape index (κ3) is 3.83. The van der Waals surface area contributed by atoms with Gasteiger partial charge >= 0.3 is 0 Å². The Hall–Kier alpha value is -1.97. The molecule has 1 rings (SSSR count). The fourth-order valence-corrected chi connectivity index (χ4v) is 1.30. The lowest BCUT2D eigenvalue weighted by Crippen LogP contribution is -2.11. The van der Waals surface area contributed by atoms with Crippen LogP contribution in [0.15, 0.2) is 36.2 Å². The van der Waals surface area contributed by atoms with Gasteiger partial charge in [-0.05, 0) is 31.2 Å². The Balaban J connectivity index is 2.80. The van der Waals surface area contributed by atoms with Crippen LogP contribution in [0.5, 0.6) is 5.75 Å². The lowest BCUT2D eigenvalue weighted by Gasteiger charge is -2.07. The van der Waals surface area contributed by atoms with E-state index in [9.17, 15) is 4.79 Å². The Morgan fingerprint density at radius 1 is 1.35 bits per heavy atom. The maximum absolute atomic E-state index is 11.9. The number of hydrogen-bond donors (Lipinski definition) is 1. The largest absolute Gasteiger partial charge is 0.497 e. The molecule has 0 amide bonds. The van der Waals surface area contributed by atoms with E-state index in [0.717, 1.165) is 5.75 Å². The summed E-state index contributed by atoms with van der Waals surface area (Å²) in [6.07, 6.45) is 1.44. The van der Waals surface area contributed by atoms with Gasteiger partial charge in [-0.3, -0.25) is 4.79 Å². The Bertz CT molecular complexity index is 396. The van der Waals surface area contributed by atoms with Crippen LogP contribution in [0.1, 0.15) is 17.3 Å². The maximum Gasteiger partial charge on any atom is 0.191 e. The van der Waals surface area contributed by atoms with Crippen LogP contribution in [-0.4, -0.2) is 26.5 Å². The molecule has 0 atom stereocenters. The molecular formula is C13H17NO3. The van der Waals surface area contributed by atoms with Crippen LogP contribution >= 0.6 is 0 Å². The molecule has 0 bridgehead atoms. The third-order valence-corrected chi connectivity index (χ3v) is 2.18. The Morgan fingerprint density at radius 2 is 2.00 bits per heavy atom. The highest BCUT2D eigenvalue weighted by atomic mass is 16.5. The molecule has 0 aliphatic carbocycles. The summed E-state index contributed by atoms with van der Waals surface area (Å²) in [5.41, 5.74) is 0.596. The Labute approximate surface area is 101 Å². The van der Waals surface area contributed by atoms with Crippen molar-refractivity contribution >= 4 is 5.78 Å². The number of nitrogens with one attached hydrogen (secondary N) is 1. The van der Waals surface area contributed by atoms with E-state index in [1.807, 2.05) is 6.92 Å². The standard InChI is InChI=1S/C13H17NO3/c1-4-17-13(14-2)9-12(15)10-5-7-11(16-3)8-6-10/h5-9,14H,4H2,1-3H3/b13-9+. The molecule has 0 aliphatic heterocycles. The topological polar surface area (TPSA) is 47.6 Å². The maximum atomic E-state index is 11.9. The van der Waals surface area contributed by atoms with Gasteiger partial charge in [0.25, 0.3) is 0 Å². The highest BCUT2D eigenvalue weighted by Crippen LogP contribution is 2.12. The van der Waals surface area contributed by atoms with Gasteiger partial charge in [-0.2, -0.15) is 0 Å². The minimum atomic E-state index is -0.106. The summed E-state index contributed by atoms with van der Waals surface area (Å²) in [5.74, 6) is 1.09. The van der Waals surface area contributed by atoms with E-state index < -0.39 is 0 Å². The molecule has 0 saturated carbocycles. The van der Waals surface area contributed by atoms with Crippen LogP contribution in [0.25, 0.3) is 0 Å². The van der Waals surface area contributed by atoms with Gasteiger partial charge in [0.05, 0.1) is 13.7 Å². The number of allylic oxidation sites excluding steroid dienone is 1. The molecule has 0 aromatic heterocycles. The van der Waals surface area contributed by atoms with Gasteiger partial charge in [0.1, 0.15) is 5.75 Å². The van der Waals surface area contributed by atoms with Crippen LogP contribution in [-0.2, 0) is 4.74 Å². The SMILES string of the molecule is CCO/C(=C/C(=O)c1ccc(OC)cc1)NC. The lowest BCUT2D eigenvalue weighted by atomic mass is 10.1. The molecule has 0 radical (unpaired) electrons. The van der Waals surface area contributed by atoms with Gasteiger partial charge in [-0.1, -0.05) is 0 Å². The zero-order chi connectivity index (χ0) is 12.7. The number of carbonyl (C=O) groups is 1.